The number of nitrogens with one attached hydrogen (secondary N) is 1. The van der Waals surface area contributed by atoms with Gasteiger partial charge in [0.2, 0.25) is 5.91 Å². The zero-order valence-electron chi connectivity index (χ0n) is 15.7. The summed E-state index contributed by atoms with van der Waals surface area (Å²) in [6.07, 6.45) is 1.37. The zero-order valence-corrected chi connectivity index (χ0v) is 15.7. The third-order valence-corrected chi connectivity index (χ3v) is 4.75. The smallest absolute Gasteiger partial charge is 0.291 e. The molecule has 28 heavy (non-hydrogen) atoms. The van der Waals surface area contributed by atoms with Gasteiger partial charge in [0.1, 0.15) is 5.75 Å². The first-order valence-electron chi connectivity index (χ1n) is 8.97. The standard InChI is InChI=1S/C21H20N2O5/c1-26-16-6-3-5-13-11-18(28-20(13)16)21(25)22-14-8-9-15(17(12-14)27-2)23-10-4-7-19(23)24/h3,5-6,8-9,11-12H,4,7,10H2,1-2H3,(H,22,25). The van der Waals surface area contributed by atoms with Crippen LogP contribution in [0.15, 0.2) is 46.9 Å². The normalized spacial score (nSPS) is 13.8. The van der Waals surface area contributed by atoms with Crippen molar-refractivity contribution >= 4 is 34.2 Å². The van der Waals surface area contributed by atoms with Gasteiger partial charge in [-0.1, -0.05) is 12.1 Å². The van der Waals surface area contributed by atoms with Crippen LogP contribution in [0, 0.1) is 0 Å². The zero-order chi connectivity index (χ0) is 19.7. The highest BCUT2D eigenvalue weighted by molar-refractivity contribution is 6.05. The molecule has 0 bridgehead atoms. The van der Waals surface area contributed by atoms with E-state index in [9.17, 15) is 9.59 Å². The summed E-state index contributed by atoms with van der Waals surface area (Å²) in [4.78, 5) is 26.3. The summed E-state index contributed by atoms with van der Waals surface area (Å²) in [6.45, 7) is 0.668. The molecule has 2 amide bonds. The first-order valence-corrected chi connectivity index (χ1v) is 8.97. The van der Waals surface area contributed by atoms with Crippen LogP contribution in [-0.4, -0.2) is 32.6 Å². The predicted octanol–water partition coefficient (Wildman–Crippen LogP) is 3.83. The number of furan rings is 1. The lowest BCUT2D eigenvalue weighted by Gasteiger charge is -2.19. The Morgan fingerprint density at radius 2 is 1.93 bits per heavy atom. The second kappa shape index (κ2) is 7.26. The van der Waals surface area contributed by atoms with E-state index in [2.05, 4.69) is 5.32 Å². The topological polar surface area (TPSA) is 81.0 Å². The van der Waals surface area contributed by atoms with Gasteiger partial charge in [-0.2, -0.15) is 0 Å². The van der Waals surface area contributed by atoms with Crippen LogP contribution in [0.3, 0.4) is 0 Å². The van der Waals surface area contributed by atoms with E-state index in [4.69, 9.17) is 13.9 Å². The number of rotatable bonds is 5. The first kappa shape index (κ1) is 17.9. The van der Waals surface area contributed by atoms with Gasteiger partial charge in [0.15, 0.2) is 17.1 Å². The molecule has 2 heterocycles. The largest absolute Gasteiger partial charge is 0.494 e. The van der Waals surface area contributed by atoms with E-state index in [1.165, 1.54) is 7.11 Å². The number of carbonyl (C=O) groups excluding carboxylic acids is 2. The molecule has 1 N–H and O–H groups in total. The number of fused-ring (bicyclic) bond motifs is 1. The van der Waals surface area contributed by atoms with Crippen molar-refractivity contribution < 1.29 is 23.5 Å². The molecule has 1 aliphatic heterocycles. The molecule has 3 aromatic rings. The van der Waals surface area contributed by atoms with Gasteiger partial charge in [-0.25, -0.2) is 0 Å². The van der Waals surface area contributed by atoms with Crippen molar-refractivity contribution in [1.29, 1.82) is 0 Å². The van der Waals surface area contributed by atoms with Crippen LogP contribution in [0.1, 0.15) is 23.4 Å². The van der Waals surface area contributed by atoms with Crippen LogP contribution >= 0.6 is 0 Å². The minimum atomic E-state index is -0.384. The number of methoxy groups -OCH3 is 2. The molecule has 7 heteroatoms. The average Bonchev–Trinajstić information content (AvgIpc) is 3.33. The Balaban J connectivity index is 1.58. The Kier molecular flexibility index (Phi) is 4.65. The molecule has 1 fully saturated rings. The summed E-state index contributed by atoms with van der Waals surface area (Å²) in [5, 5.41) is 3.59. The second-order valence-corrected chi connectivity index (χ2v) is 6.48. The maximum Gasteiger partial charge on any atom is 0.291 e. The van der Waals surface area contributed by atoms with E-state index >= 15 is 0 Å². The lowest BCUT2D eigenvalue weighted by atomic mass is 10.2. The Bertz CT molecular complexity index is 1060. The van der Waals surface area contributed by atoms with E-state index in [1.54, 1.807) is 42.3 Å². The predicted molar refractivity (Wildman–Crippen MR) is 105 cm³/mol. The number of ether oxygens (including phenoxy) is 2. The molecule has 1 aromatic heterocycles. The summed E-state index contributed by atoms with van der Waals surface area (Å²) in [5.74, 6) is 0.964. The molecular weight excluding hydrogens is 360 g/mol. The summed E-state index contributed by atoms with van der Waals surface area (Å²) in [7, 11) is 3.09. The Labute approximate surface area is 161 Å². The molecule has 0 saturated carbocycles. The number of anilines is 2. The van der Waals surface area contributed by atoms with E-state index < -0.39 is 0 Å². The maximum atomic E-state index is 12.6. The Hall–Kier alpha value is -3.48. The highest BCUT2D eigenvalue weighted by atomic mass is 16.5. The molecule has 7 nitrogen and oxygen atoms in total. The summed E-state index contributed by atoms with van der Waals surface area (Å²) in [6, 6.07) is 12.3. The van der Waals surface area contributed by atoms with Crippen LogP contribution in [0.4, 0.5) is 11.4 Å². The lowest BCUT2D eigenvalue weighted by Crippen LogP contribution is -2.24. The molecule has 0 spiro atoms. The second-order valence-electron chi connectivity index (χ2n) is 6.48. The van der Waals surface area contributed by atoms with Gasteiger partial charge in [0.05, 0.1) is 19.9 Å². The molecule has 0 atom stereocenters. The van der Waals surface area contributed by atoms with Crippen molar-refractivity contribution in [2.45, 2.75) is 12.8 Å². The maximum absolute atomic E-state index is 12.6. The van der Waals surface area contributed by atoms with E-state index in [1.807, 2.05) is 12.1 Å². The van der Waals surface area contributed by atoms with Crippen molar-refractivity contribution in [3.05, 3.63) is 48.2 Å². The monoisotopic (exact) mass is 380 g/mol. The van der Waals surface area contributed by atoms with E-state index in [-0.39, 0.29) is 17.6 Å². The minimum Gasteiger partial charge on any atom is -0.494 e. The SMILES string of the molecule is COc1cc(NC(=O)c2cc3cccc(OC)c3o2)ccc1N1CCCC1=O. The van der Waals surface area contributed by atoms with Crippen LogP contribution in [0.5, 0.6) is 11.5 Å². The number of carbonyl (C=O) groups is 2. The van der Waals surface area contributed by atoms with Crippen molar-refractivity contribution in [2.24, 2.45) is 0 Å². The van der Waals surface area contributed by atoms with Gasteiger partial charge in [-0.15, -0.1) is 0 Å². The van der Waals surface area contributed by atoms with Crippen molar-refractivity contribution in [3.8, 4) is 11.5 Å². The van der Waals surface area contributed by atoms with E-state index in [0.717, 1.165) is 11.8 Å². The molecule has 0 aliphatic carbocycles. The Morgan fingerprint density at radius 1 is 1.11 bits per heavy atom. The first-order chi connectivity index (χ1) is 13.6. The van der Waals surface area contributed by atoms with Crippen LogP contribution in [-0.2, 0) is 4.79 Å². The van der Waals surface area contributed by atoms with Crippen molar-refractivity contribution in [1.82, 2.24) is 0 Å². The van der Waals surface area contributed by atoms with Crippen LogP contribution in [0.2, 0.25) is 0 Å². The minimum absolute atomic E-state index is 0.0753. The van der Waals surface area contributed by atoms with Crippen molar-refractivity contribution in [3.63, 3.8) is 0 Å². The number of hydrogen-bond acceptors (Lipinski definition) is 5. The van der Waals surface area contributed by atoms with Gasteiger partial charge < -0.3 is 24.1 Å². The molecule has 1 saturated heterocycles. The van der Waals surface area contributed by atoms with Crippen LogP contribution < -0.4 is 19.7 Å². The third-order valence-electron chi connectivity index (χ3n) is 4.75. The Morgan fingerprint density at radius 3 is 2.64 bits per heavy atom. The molecule has 4 rings (SSSR count). The fourth-order valence-electron chi connectivity index (χ4n) is 3.38. The number of hydrogen-bond donors (Lipinski definition) is 1. The summed E-state index contributed by atoms with van der Waals surface area (Å²) in [5.41, 5.74) is 1.77. The van der Waals surface area contributed by atoms with Gasteiger partial charge in [0.25, 0.3) is 5.91 Å². The highest BCUT2D eigenvalue weighted by Gasteiger charge is 2.25. The molecule has 2 aromatic carbocycles. The summed E-state index contributed by atoms with van der Waals surface area (Å²) >= 11 is 0. The van der Waals surface area contributed by atoms with Crippen molar-refractivity contribution in [2.75, 3.05) is 31.0 Å². The number of benzene rings is 2. The quantitative estimate of drug-likeness (QED) is 0.728. The highest BCUT2D eigenvalue weighted by Crippen LogP contribution is 2.34. The lowest BCUT2D eigenvalue weighted by molar-refractivity contribution is -0.117. The fourth-order valence-corrected chi connectivity index (χ4v) is 3.38. The average molecular weight is 380 g/mol. The number of nitrogens with zero attached hydrogens (tertiary/aromatic N) is 1. The third kappa shape index (κ3) is 3.15. The molecule has 144 valence electrons. The molecule has 1 aliphatic rings. The van der Waals surface area contributed by atoms with E-state index in [0.29, 0.717) is 41.4 Å². The van der Waals surface area contributed by atoms with Gasteiger partial charge in [0, 0.05) is 30.1 Å². The fraction of sp³-hybridized carbons (Fsp3) is 0.238. The summed E-state index contributed by atoms with van der Waals surface area (Å²) < 4.78 is 16.4. The molecule has 0 unspecified atom stereocenters. The number of para-hydroxylation sites is 1. The molecule has 0 radical (unpaired) electrons. The van der Waals surface area contributed by atoms with Gasteiger partial charge >= 0.3 is 0 Å². The molecular formula is C21H20N2O5. The van der Waals surface area contributed by atoms with Gasteiger partial charge in [-0.05, 0) is 30.7 Å². The number of amides is 2. The van der Waals surface area contributed by atoms with Gasteiger partial charge in [-0.3, -0.25) is 9.59 Å². The van der Waals surface area contributed by atoms with Crippen LogP contribution in [0.25, 0.3) is 11.0 Å².